The predicted molar refractivity (Wildman–Crippen MR) is 118 cm³/mol. The maximum atomic E-state index is 13.0. The first-order chi connectivity index (χ1) is 13.9. The summed E-state index contributed by atoms with van der Waals surface area (Å²) in [5.74, 6) is 0.451. The van der Waals surface area contributed by atoms with Crippen LogP contribution in [-0.4, -0.2) is 26.5 Å². The number of amides is 1. The zero-order valence-corrected chi connectivity index (χ0v) is 18.8. The molecule has 5 nitrogen and oxygen atoms in total. The number of nitrogens with zero attached hydrogens (tertiary/aromatic N) is 3. The topological polar surface area (TPSA) is 59.3 Å². The highest BCUT2D eigenvalue weighted by Gasteiger charge is 2.25. The largest absolute Gasteiger partial charge is 0.349 e. The fourth-order valence-corrected chi connectivity index (χ4v) is 4.80. The Hall–Kier alpha value is -2.21. The molecule has 0 bridgehead atoms. The van der Waals surface area contributed by atoms with Gasteiger partial charge in [-0.2, -0.15) is 5.10 Å². The molecule has 1 aliphatic carbocycles. The summed E-state index contributed by atoms with van der Waals surface area (Å²) in [4.78, 5) is 17.7. The second-order valence-electron chi connectivity index (χ2n) is 8.20. The molecule has 152 valence electrons. The van der Waals surface area contributed by atoms with Crippen LogP contribution in [0.15, 0.2) is 34.9 Å². The number of fused-ring (bicyclic) bond motifs is 1. The summed E-state index contributed by atoms with van der Waals surface area (Å²) < 4.78 is 2.87. The highest BCUT2D eigenvalue weighted by atomic mass is 79.9. The Morgan fingerprint density at radius 1 is 1.28 bits per heavy atom. The van der Waals surface area contributed by atoms with Crippen LogP contribution in [0.1, 0.15) is 65.5 Å². The van der Waals surface area contributed by atoms with Crippen LogP contribution in [0.4, 0.5) is 0 Å². The standard InChI is InChI=1S/C23H27BrN4O/c1-14-7-4-5-10-21(14)27-23(29)20-13-25-28-16(3)19(15(2)26-22(20)28)12-17-8-6-9-18(24)11-17/h6,8-9,11,13-14,21H,4-5,7,10,12H2,1-3H3,(H,27,29)/t14-,21-/m1/s1. The third-order valence-electron chi connectivity index (χ3n) is 6.15. The molecule has 29 heavy (non-hydrogen) atoms. The third-order valence-corrected chi connectivity index (χ3v) is 6.64. The number of rotatable bonds is 4. The lowest BCUT2D eigenvalue weighted by Gasteiger charge is -2.29. The molecule has 1 fully saturated rings. The lowest BCUT2D eigenvalue weighted by molar-refractivity contribution is 0.0912. The minimum Gasteiger partial charge on any atom is -0.349 e. The van der Waals surface area contributed by atoms with Gasteiger partial charge in [-0.1, -0.05) is 47.8 Å². The molecule has 0 saturated heterocycles. The average molecular weight is 455 g/mol. The normalized spacial score (nSPS) is 19.4. The first-order valence-corrected chi connectivity index (χ1v) is 11.1. The summed E-state index contributed by atoms with van der Waals surface area (Å²) >= 11 is 3.54. The van der Waals surface area contributed by atoms with E-state index in [1.54, 1.807) is 10.7 Å². The van der Waals surface area contributed by atoms with Crippen LogP contribution >= 0.6 is 15.9 Å². The van der Waals surface area contributed by atoms with Gasteiger partial charge in [-0.25, -0.2) is 9.50 Å². The van der Waals surface area contributed by atoms with Gasteiger partial charge in [-0.3, -0.25) is 4.79 Å². The number of halogens is 1. The van der Waals surface area contributed by atoms with Crippen molar-refractivity contribution < 1.29 is 4.79 Å². The lowest BCUT2D eigenvalue weighted by Crippen LogP contribution is -2.41. The molecule has 3 aromatic rings. The third kappa shape index (κ3) is 4.08. The van der Waals surface area contributed by atoms with E-state index in [1.165, 1.54) is 24.8 Å². The zero-order chi connectivity index (χ0) is 20.5. The molecule has 2 heterocycles. The maximum absolute atomic E-state index is 13.0. The molecule has 1 aromatic carbocycles. The molecule has 1 saturated carbocycles. The smallest absolute Gasteiger partial charge is 0.256 e. The van der Waals surface area contributed by atoms with Crippen molar-refractivity contribution in [1.82, 2.24) is 19.9 Å². The average Bonchev–Trinajstić information content (AvgIpc) is 3.11. The van der Waals surface area contributed by atoms with Crippen molar-refractivity contribution in [1.29, 1.82) is 0 Å². The van der Waals surface area contributed by atoms with Gasteiger partial charge < -0.3 is 5.32 Å². The van der Waals surface area contributed by atoms with Crippen molar-refractivity contribution in [3.05, 3.63) is 63.0 Å². The summed E-state index contributed by atoms with van der Waals surface area (Å²) in [6.07, 6.45) is 7.09. The van der Waals surface area contributed by atoms with E-state index in [2.05, 4.69) is 45.4 Å². The van der Waals surface area contributed by atoms with Gasteiger partial charge in [0.2, 0.25) is 0 Å². The van der Waals surface area contributed by atoms with Crippen molar-refractivity contribution >= 4 is 27.5 Å². The highest BCUT2D eigenvalue weighted by molar-refractivity contribution is 9.10. The Bertz CT molecular complexity index is 1060. The van der Waals surface area contributed by atoms with Crippen LogP contribution in [0.25, 0.3) is 5.65 Å². The molecule has 0 radical (unpaired) electrons. The summed E-state index contributed by atoms with van der Waals surface area (Å²) in [6.45, 7) is 6.28. The van der Waals surface area contributed by atoms with Gasteiger partial charge in [0.05, 0.1) is 6.20 Å². The molecule has 1 amide bonds. The highest BCUT2D eigenvalue weighted by Crippen LogP contribution is 2.25. The monoisotopic (exact) mass is 454 g/mol. The van der Waals surface area contributed by atoms with Gasteiger partial charge in [-0.05, 0) is 55.9 Å². The van der Waals surface area contributed by atoms with Crippen LogP contribution < -0.4 is 5.32 Å². The Morgan fingerprint density at radius 2 is 2.07 bits per heavy atom. The second kappa shape index (κ2) is 8.27. The molecule has 2 atom stereocenters. The lowest BCUT2D eigenvalue weighted by atomic mass is 9.86. The maximum Gasteiger partial charge on any atom is 0.256 e. The van der Waals surface area contributed by atoms with Crippen LogP contribution in [0, 0.1) is 19.8 Å². The Kier molecular flexibility index (Phi) is 5.72. The minimum absolute atomic E-state index is 0.0650. The molecule has 1 aliphatic rings. The van der Waals surface area contributed by atoms with Crippen molar-refractivity contribution in [2.24, 2.45) is 5.92 Å². The van der Waals surface area contributed by atoms with Crippen molar-refractivity contribution in [3.63, 3.8) is 0 Å². The Labute approximate surface area is 180 Å². The number of carbonyl (C=O) groups is 1. The fraction of sp³-hybridized carbons (Fsp3) is 0.435. The molecular weight excluding hydrogens is 428 g/mol. The number of benzene rings is 1. The van der Waals surface area contributed by atoms with E-state index in [0.29, 0.717) is 17.1 Å². The molecule has 0 unspecified atom stereocenters. The zero-order valence-electron chi connectivity index (χ0n) is 17.2. The van der Waals surface area contributed by atoms with E-state index in [-0.39, 0.29) is 11.9 Å². The summed E-state index contributed by atoms with van der Waals surface area (Å²) in [5, 5.41) is 7.72. The number of hydrogen-bond donors (Lipinski definition) is 1. The SMILES string of the molecule is Cc1nc2c(C(=O)N[C@@H]3CCCC[C@H]3C)cnn2c(C)c1Cc1cccc(Br)c1. The number of nitrogens with one attached hydrogen (secondary N) is 1. The molecule has 4 rings (SSSR count). The molecule has 1 N–H and O–H groups in total. The second-order valence-corrected chi connectivity index (χ2v) is 9.12. The van der Waals surface area contributed by atoms with Gasteiger partial charge in [0.1, 0.15) is 5.56 Å². The molecular formula is C23H27BrN4O. The van der Waals surface area contributed by atoms with E-state index in [4.69, 9.17) is 4.98 Å². The van der Waals surface area contributed by atoms with Gasteiger partial charge in [0, 0.05) is 28.3 Å². The number of carbonyl (C=O) groups excluding carboxylic acids is 1. The van der Waals surface area contributed by atoms with E-state index >= 15 is 0 Å². The molecule has 0 aliphatic heterocycles. The van der Waals surface area contributed by atoms with E-state index in [9.17, 15) is 4.79 Å². The predicted octanol–water partition coefficient (Wildman–Crippen LogP) is 5.01. The van der Waals surface area contributed by atoms with E-state index in [1.807, 2.05) is 26.0 Å². The summed E-state index contributed by atoms with van der Waals surface area (Å²) in [6, 6.07) is 8.54. The van der Waals surface area contributed by atoms with Crippen molar-refractivity contribution in [2.45, 2.75) is 58.9 Å². The quantitative estimate of drug-likeness (QED) is 0.602. The fourth-order valence-electron chi connectivity index (χ4n) is 4.35. The van der Waals surface area contributed by atoms with Crippen LogP contribution in [-0.2, 0) is 6.42 Å². The minimum atomic E-state index is -0.0650. The summed E-state index contributed by atoms with van der Waals surface area (Å²) in [7, 11) is 0. The Balaban J connectivity index is 1.64. The number of hydrogen-bond acceptors (Lipinski definition) is 3. The molecule has 0 spiro atoms. The first-order valence-electron chi connectivity index (χ1n) is 10.3. The van der Waals surface area contributed by atoms with Crippen molar-refractivity contribution in [3.8, 4) is 0 Å². The van der Waals surface area contributed by atoms with Gasteiger partial charge >= 0.3 is 0 Å². The Morgan fingerprint density at radius 3 is 2.83 bits per heavy atom. The van der Waals surface area contributed by atoms with Crippen LogP contribution in [0.2, 0.25) is 0 Å². The number of aryl methyl sites for hydroxylation is 2. The van der Waals surface area contributed by atoms with Crippen LogP contribution in [0.3, 0.4) is 0 Å². The first kappa shape index (κ1) is 20.1. The molecule has 2 aromatic heterocycles. The van der Waals surface area contributed by atoms with Gasteiger partial charge in [0.25, 0.3) is 5.91 Å². The number of aromatic nitrogens is 3. The van der Waals surface area contributed by atoms with E-state index < -0.39 is 0 Å². The molecule has 6 heteroatoms. The van der Waals surface area contributed by atoms with Gasteiger partial charge in [-0.15, -0.1) is 0 Å². The summed E-state index contributed by atoms with van der Waals surface area (Å²) in [5.41, 5.74) is 5.52. The van der Waals surface area contributed by atoms with Crippen molar-refractivity contribution in [2.75, 3.05) is 0 Å². The van der Waals surface area contributed by atoms with E-state index in [0.717, 1.165) is 34.3 Å². The van der Waals surface area contributed by atoms with Gasteiger partial charge in [0.15, 0.2) is 5.65 Å². The van der Waals surface area contributed by atoms with Crippen LogP contribution in [0.5, 0.6) is 0 Å².